The first kappa shape index (κ1) is 21.1. The molecule has 154 valence electrons. The molecule has 3 rings (SSSR count). The van der Waals surface area contributed by atoms with Crippen LogP contribution in [-0.4, -0.2) is 36.3 Å². The molecular formula is C25H31NO3. The Bertz CT molecular complexity index is 835. The molecule has 0 spiro atoms. The van der Waals surface area contributed by atoms with E-state index >= 15 is 0 Å². The Hall–Kier alpha value is -2.62. The van der Waals surface area contributed by atoms with E-state index in [9.17, 15) is 9.59 Å². The van der Waals surface area contributed by atoms with E-state index in [1.165, 1.54) is 0 Å². The molecule has 1 aliphatic heterocycles. The van der Waals surface area contributed by atoms with E-state index in [4.69, 9.17) is 4.74 Å². The number of hydrogen-bond acceptors (Lipinski definition) is 3. The molecule has 1 atom stereocenters. The highest BCUT2D eigenvalue weighted by atomic mass is 16.5. The zero-order chi connectivity index (χ0) is 20.8. The molecule has 0 bridgehead atoms. The molecular weight excluding hydrogens is 362 g/mol. The van der Waals surface area contributed by atoms with E-state index in [-0.39, 0.29) is 24.2 Å². The molecule has 0 aromatic heterocycles. The summed E-state index contributed by atoms with van der Waals surface area (Å²) in [5.41, 5.74) is 3.06. The van der Waals surface area contributed by atoms with Crippen LogP contribution in [0.3, 0.4) is 0 Å². The average molecular weight is 394 g/mol. The van der Waals surface area contributed by atoms with Crippen LogP contribution >= 0.6 is 0 Å². The summed E-state index contributed by atoms with van der Waals surface area (Å²) < 4.78 is 5.87. The summed E-state index contributed by atoms with van der Waals surface area (Å²) in [6.45, 7) is 7.59. The Balaban J connectivity index is 1.52. The highest BCUT2D eigenvalue weighted by Gasteiger charge is 2.28. The highest BCUT2D eigenvalue weighted by molar-refractivity contribution is 5.98. The van der Waals surface area contributed by atoms with Crippen molar-refractivity contribution in [2.45, 2.75) is 46.0 Å². The van der Waals surface area contributed by atoms with Crippen LogP contribution in [0.15, 0.2) is 48.5 Å². The number of Topliss-reactive ketones (excluding diaryl/α,β-unsaturated/α-hetero) is 1. The van der Waals surface area contributed by atoms with E-state index in [1.807, 2.05) is 54.3 Å². The van der Waals surface area contributed by atoms with Gasteiger partial charge >= 0.3 is 0 Å². The molecule has 0 saturated carbocycles. The van der Waals surface area contributed by atoms with E-state index in [1.54, 1.807) is 0 Å². The maximum atomic E-state index is 12.7. The fraction of sp³-hybridized carbons (Fsp3) is 0.440. The first-order valence-corrected chi connectivity index (χ1v) is 10.6. The zero-order valence-electron chi connectivity index (χ0n) is 17.7. The van der Waals surface area contributed by atoms with Gasteiger partial charge in [-0.1, -0.05) is 61.9 Å². The average Bonchev–Trinajstić information content (AvgIpc) is 2.77. The van der Waals surface area contributed by atoms with Crippen LogP contribution in [0.5, 0.6) is 5.75 Å². The number of carbonyl (C=O) groups excluding carboxylic acids is 2. The molecule has 0 aliphatic carbocycles. The lowest BCUT2D eigenvalue weighted by Crippen LogP contribution is -2.42. The number of rotatable bonds is 7. The summed E-state index contributed by atoms with van der Waals surface area (Å²) in [5, 5.41) is 0. The van der Waals surface area contributed by atoms with Crippen molar-refractivity contribution in [3.63, 3.8) is 0 Å². The zero-order valence-corrected chi connectivity index (χ0v) is 17.7. The fourth-order valence-electron chi connectivity index (χ4n) is 3.81. The second kappa shape index (κ2) is 9.73. The van der Waals surface area contributed by atoms with E-state index in [0.717, 1.165) is 28.9 Å². The van der Waals surface area contributed by atoms with Crippen molar-refractivity contribution < 1.29 is 14.3 Å². The third kappa shape index (κ3) is 5.26. The summed E-state index contributed by atoms with van der Waals surface area (Å²) in [6, 6.07) is 15.7. The van der Waals surface area contributed by atoms with Crippen LogP contribution in [0.1, 0.15) is 60.5 Å². The van der Waals surface area contributed by atoms with Crippen LogP contribution in [-0.2, 0) is 4.79 Å². The molecule has 1 saturated heterocycles. The number of aryl methyl sites for hydroxylation is 1. The number of piperidine rings is 1. The normalized spacial score (nSPS) is 15.8. The second-order valence-corrected chi connectivity index (χ2v) is 8.02. The Labute approximate surface area is 173 Å². The maximum Gasteiger partial charge on any atom is 0.260 e. The van der Waals surface area contributed by atoms with E-state index in [0.29, 0.717) is 31.8 Å². The predicted octanol–water partition coefficient (Wildman–Crippen LogP) is 5.01. The highest BCUT2D eigenvalue weighted by Crippen LogP contribution is 2.28. The molecule has 2 aromatic rings. The molecule has 1 aliphatic rings. The molecule has 4 nitrogen and oxygen atoms in total. The van der Waals surface area contributed by atoms with E-state index in [2.05, 4.69) is 19.9 Å². The van der Waals surface area contributed by atoms with Gasteiger partial charge in [0.05, 0.1) is 0 Å². The molecule has 1 heterocycles. The summed E-state index contributed by atoms with van der Waals surface area (Å²) >= 11 is 0. The quantitative estimate of drug-likeness (QED) is 0.621. The lowest BCUT2D eigenvalue weighted by atomic mass is 9.88. The number of nitrogens with zero attached hydrogens (tertiary/aromatic N) is 1. The van der Waals surface area contributed by atoms with Crippen molar-refractivity contribution >= 4 is 11.7 Å². The summed E-state index contributed by atoms with van der Waals surface area (Å²) in [6.07, 6.45) is 2.45. The van der Waals surface area contributed by atoms with Crippen molar-refractivity contribution in [1.82, 2.24) is 4.90 Å². The van der Waals surface area contributed by atoms with Gasteiger partial charge in [0.25, 0.3) is 5.91 Å². The fourth-order valence-corrected chi connectivity index (χ4v) is 3.81. The SMILES string of the molecule is CCC(C)c1ccccc1OCC(=O)N1CCC(C(=O)c2ccc(C)cc2)CC1. The van der Waals surface area contributed by atoms with Gasteiger partial charge in [0.1, 0.15) is 5.75 Å². The third-order valence-electron chi connectivity index (χ3n) is 5.97. The summed E-state index contributed by atoms with van der Waals surface area (Å²) in [4.78, 5) is 27.1. The predicted molar refractivity (Wildman–Crippen MR) is 115 cm³/mol. The molecule has 2 aromatic carbocycles. The second-order valence-electron chi connectivity index (χ2n) is 8.02. The Morgan fingerprint density at radius 1 is 1.07 bits per heavy atom. The van der Waals surface area contributed by atoms with Crippen molar-refractivity contribution in [2.75, 3.05) is 19.7 Å². The Kier molecular flexibility index (Phi) is 7.08. The van der Waals surface area contributed by atoms with Gasteiger partial charge in [-0.25, -0.2) is 0 Å². The summed E-state index contributed by atoms with van der Waals surface area (Å²) in [7, 11) is 0. The molecule has 1 fully saturated rings. The smallest absolute Gasteiger partial charge is 0.260 e. The van der Waals surface area contributed by atoms with Crippen LogP contribution in [0.2, 0.25) is 0 Å². The van der Waals surface area contributed by atoms with Gasteiger partial charge in [-0.2, -0.15) is 0 Å². The van der Waals surface area contributed by atoms with Crippen LogP contribution in [0.4, 0.5) is 0 Å². The van der Waals surface area contributed by atoms with Gasteiger partial charge in [0.2, 0.25) is 0 Å². The molecule has 0 radical (unpaired) electrons. The minimum absolute atomic E-state index is 0.00574. The number of hydrogen-bond donors (Lipinski definition) is 0. The van der Waals surface area contributed by atoms with Gasteiger partial charge in [0.15, 0.2) is 12.4 Å². The number of benzene rings is 2. The van der Waals surface area contributed by atoms with Gasteiger partial charge in [-0.3, -0.25) is 9.59 Å². The van der Waals surface area contributed by atoms with Gasteiger partial charge in [0, 0.05) is 24.6 Å². The molecule has 4 heteroatoms. The number of para-hydroxylation sites is 1. The monoisotopic (exact) mass is 393 g/mol. The molecule has 1 amide bonds. The lowest BCUT2D eigenvalue weighted by Gasteiger charge is -2.31. The van der Waals surface area contributed by atoms with Gasteiger partial charge in [-0.15, -0.1) is 0 Å². The molecule has 29 heavy (non-hydrogen) atoms. The van der Waals surface area contributed by atoms with Crippen molar-refractivity contribution in [1.29, 1.82) is 0 Å². The third-order valence-corrected chi connectivity index (χ3v) is 5.97. The van der Waals surface area contributed by atoms with Crippen LogP contribution < -0.4 is 4.74 Å². The summed E-state index contributed by atoms with van der Waals surface area (Å²) in [5.74, 6) is 1.36. The van der Waals surface area contributed by atoms with Gasteiger partial charge < -0.3 is 9.64 Å². The number of carbonyl (C=O) groups is 2. The minimum atomic E-state index is -0.00908. The number of ether oxygens (including phenoxy) is 1. The largest absolute Gasteiger partial charge is 0.483 e. The lowest BCUT2D eigenvalue weighted by molar-refractivity contribution is -0.134. The van der Waals surface area contributed by atoms with Crippen LogP contribution in [0.25, 0.3) is 0 Å². The Morgan fingerprint density at radius 2 is 1.72 bits per heavy atom. The van der Waals surface area contributed by atoms with Crippen LogP contribution in [0, 0.1) is 12.8 Å². The first-order valence-electron chi connectivity index (χ1n) is 10.6. The number of ketones is 1. The van der Waals surface area contributed by atoms with E-state index < -0.39 is 0 Å². The molecule has 0 N–H and O–H groups in total. The van der Waals surface area contributed by atoms with Crippen molar-refractivity contribution in [2.24, 2.45) is 5.92 Å². The maximum absolute atomic E-state index is 12.7. The number of amides is 1. The topological polar surface area (TPSA) is 46.6 Å². The van der Waals surface area contributed by atoms with Crippen molar-refractivity contribution in [3.8, 4) is 5.75 Å². The Morgan fingerprint density at radius 3 is 2.38 bits per heavy atom. The van der Waals surface area contributed by atoms with Crippen molar-refractivity contribution in [3.05, 3.63) is 65.2 Å². The first-order chi connectivity index (χ1) is 14.0. The minimum Gasteiger partial charge on any atom is -0.483 e. The number of likely N-dealkylation sites (tertiary alicyclic amines) is 1. The standard InChI is InChI=1S/C25H31NO3/c1-4-19(3)22-7-5-6-8-23(22)29-17-24(27)26-15-13-21(14-16-26)25(28)20-11-9-18(2)10-12-20/h5-12,19,21H,4,13-17H2,1-3H3. The molecule has 1 unspecified atom stereocenters. The van der Waals surface area contributed by atoms with Gasteiger partial charge in [-0.05, 0) is 43.7 Å².